The van der Waals surface area contributed by atoms with Gasteiger partial charge in [0, 0.05) is 18.4 Å². The summed E-state index contributed by atoms with van der Waals surface area (Å²) in [6.45, 7) is 2.79. The molecule has 0 spiro atoms. The quantitative estimate of drug-likeness (QED) is 0.779. The first kappa shape index (κ1) is 11.3. The summed E-state index contributed by atoms with van der Waals surface area (Å²) in [5.41, 5.74) is 0. The SMILES string of the molecule is CC(Br)CCN(C)C(=O)c1ccco1. The molecule has 1 amide bonds. The number of alkyl halides is 1. The Balaban J connectivity index is 2.45. The molecule has 1 unspecified atom stereocenters. The van der Waals surface area contributed by atoms with Crippen molar-refractivity contribution in [3.05, 3.63) is 24.2 Å². The average molecular weight is 260 g/mol. The first-order chi connectivity index (χ1) is 6.61. The largest absolute Gasteiger partial charge is 0.459 e. The molecule has 0 radical (unpaired) electrons. The van der Waals surface area contributed by atoms with Crippen LogP contribution in [0.4, 0.5) is 0 Å². The molecule has 1 rings (SSSR count). The summed E-state index contributed by atoms with van der Waals surface area (Å²) < 4.78 is 5.02. The van der Waals surface area contributed by atoms with Gasteiger partial charge in [0.15, 0.2) is 5.76 Å². The van der Waals surface area contributed by atoms with Crippen LogP contribution in [0, 0.1) is 0 Å². The maximum absolute atomic E-state index is 11.6. The number of halogens is 1. The number of carbonyl (C=O) groups excluding carboxylic acids is 1. The molecule has 0 aliphatic heterocycles. The van der Waals surface area contributed by atoms with Crippen LogP contribution in [0.2, 0.25) is 0 Å². The van der Waals surface area contributed by atoms with Crippen molar-refractivity contribution in [2.45, 2.75) is 18.2 Å². The number of hydrogen-bond donors (Lipinski definition) is 0. The van der Waals surface area contributed by atoms with Gasteiger partial charge in [-0.1, -0.05) is 22.9 Å². The van der Waals surface area contributed by atoms with Gasteiger partial charge in [-0.3, -0.25) is 4.79 Å². The van der Waals surface area contributed by atoms with Crippen LogP contribution in [-0.2, 0) is 0 Å². The lowest BCUT2D eigenvalue weighted by Gasteiger charge is -2.16. The van der Waals surface area contributed by atoms with Gasteiger partial charge >= 0.3 is 0 Å². The Morgan fingerprint density at radius 2 is 2.43 bits per heavy atom. The highest BCUT2D eigenvalue weighted by molar-refractivity contribution is 9.09. The van der Waals surface area contributed by atoms with Crippen LogP contribution in [-0.4, -0.2) is 29.2 Å². The van der Waals surface area contributed by atoms with Crippen molar-refractivity contribution in [1.82, 2.24) is 4.90 Å². The standard InChI is InChI=1S/C10H14BrNO2/c1-8(11)5-6-12(2)10(13)9-4-3-7-14-9/h3-4,7-8H,5-6H2,1-2H3. The molecule has 0 aliphatic rings. The van der Waals surface area contributed by atoms with E-state index in [1.54, 1.807) is 24.1 Å². The fourth-order valence-electron chi connectivity index (χ4n) is 1.06. The maximum atomic E-state index is 11.6. The van der Waals surface area contributed by atoms with Gasteiger partial charge in [-0.15, -0.1) is 0 Å². The van der Waals surface area contributed by atoms with E-state index in [-0.39, 0.29) is 5.91 Å². The zero-order chi connectivity index (χ0) is 10.6. The van der Waals surface area contributed by atoms with Gasteiger partial charge in [0.25, 0.3) is 5.91 Å². The Morgan fingerprint density at radius 1 is 1.71 bits per heavy atom. The van der Waals surface area contributed by atoms with Gasteiger partial charge in [-0.25, -0.2) is 0 Å². The Hall–Kier alpha value is -0.770. The molecule has 1 aromatic heterocycles. The van der Waals surface area contributed by atoms with E-state index in [0.29, 0.717) is 10.6 Å². The zero-order valence-electron chi connectivity index (χ0n) is 8.37. The van der Waals surface area contributed by atoms with E-state index < -0.39 is 0 Å². The van der Waals surface area contributed by atoms with E-state index in [9.17, 15) is 4.79 Å². The smallest absolute Gasteiger partial charge is 0.289 e. The summed E-state index contributed by atoms with van der Waals surface area (Å²) in [5.74, 6) is 0.331. The first-order valence-corrected chi connectivity index (χ1v) is 5.46. The molecule has 0 fully saturated rings. The number of amides is 1. The van der Waals surface area contributed by atoms with Crippen LogP contribution < -0.4 is 0 Å². The van der Waals surface area contributed by atoms with Gasteiger partial charge in [-0.2, -0.15) is 0 Å². The predicted octanol–water partition coefficient (Wildman–Crippen LogP) is 2.53. The highest BCUT2D eigenvalue weighted by Gasteiger charge is 2.13. The zero-order valence-corrected chi connectivity index (χ0v) is 9.95. The van der Waals surface area contributed by atoms with E-state index in [4.69, 9.17) is 4.42 Å². The molecule has 14 heavy (non-hydrogen) atoms. The summed E-state index contributed by atoms with van der Waals surface area (Å²) in [7, 11) is 1.78. The third-order valence-electron chi connectivity index (χ3n) is 1.94. The Labute approximate surface area is 92.2 Å². The second-order valence-corrected chi connectivity index (χ2v) is 4.84. The number of carbonyl (C=O) groups is 1. The van der Waals surface area contributed by atoms with Crippen molar-refractivity contribution < 1.29 is 9.21 Å². The molecule has 4 heteroatoms. The third kappa shape index (κ3) is 3.18. The summed E-state index contributed by atoms with van der Waals surface area (Å²) in [5, 5.41) is 0. The van der Waals surface area contributed by atoms with E-state index in [2.05, 4.69) is 22.9 Å². The molecule has 1 atom stereocenters. The second kappa shape index (κ2) is 5.20. The van der Waals surface area contributed by atoms with Crippen LogP contribution in [0.25, 0.3) is 0 Å². The van der Waals surface area contributed by atoms with Gasteiger partial charge in [0.1, 0.15) is 0 Å². The molecule has 0 aliphatic carbocycles. The Bertz CT molecular complexity index is 282. The van der Waals surface area contributed by atoms with Crippen LogP contribution in [0.5, 0.6) is 0 Å². The Morgan fingerprint density at radius 3 is 2.93 bits per heavy atom. The minimum atomic E-state index is -0.0665. The van der Waals surface area contributed by atoms with Crippen molar-refractivity contribution in [2.75, 3.05) is 13.6 Å². The van der Waals surface area contributed by atoms with Crippen molar-refractivity contribution in [1.29, 1.82) is 0 Å². The lowest BCUT2D eigenvalue weighted by Crippen LogP contribution is -2.28. The second-order valence-electron chi connectivity index (χ2n) is 3.27. The number of nitrogens with zero attached hydrogens (tertiary/aromatic N) is 1. The molecule has 1 heterocycles. The minimum absolute atomic E-state index is 0.0665. The molecule has 0 aromatic carbocycles. The van der Waals surface area contributed by atoms with E-state index in [1.807, 2.05) is 0 Å². The Kier molecular flexibility index (Phi) is 4.20. The summed E-state index contributed by atoms with van der Waals surface area (Å²) in [6, 6.07) is 3.39. The van der Waals surface area contributed by atoms with Gasteiger partial charge in [0.2, 0.25) is 0 Å². The number of furan rings is 1. The van der Waals surface area contributed by atoms with E-state index in [1.165, 1.54) is 6.26 Å². The molecule has 0 saturated heterocycles. The predicted molar refractivity (Wildman–Crippen MR) is 58.7 cm³/mol. The van der Waals surface area contributed by atoms with Crippen molar-refractivity contribution in [3.63, 3.8) is 0 Å². The van der Waals surface area contributed by atoms with Gasteiger partial charge in [-0.05, 0) is 18.6 Å². The molecule has 0 N–H and O–H groups in total. The third-order valence-corrected chi connectivity index (χ3v) is 2.40. The maximum Gasteiger partial charge on any atom is 0.289 e. The summed E-state index contributed by atoms with van der Waals surface area (Å²) in [4.78, 5) is 13.7. The summed E-state index contributed by atoms with van der Waals surface area (Å²) >= 11 is 3.44. The van der Waals surface area contributed by atoms with Crippen LogP contribution in [0.3, 0.4) is 0 Å². The molecule has 0 saturated carbocycles. The highest BCUT2D eigenvalue weighted by Crippen LogP contribution is 2.07. The summed E-state index contributed by atoms with van der Waals surface area (Å²) in [6.07, 6.45) is 2.44. The lowest BCUT2D eigenvalue weighted by atomic mass is 10.3. The molecule has 0 bridgehead atoms. The molecular formula is C10H14BrNO2. The number of rotatable bonds is 4. The normalized spacial score (nSPS) is 12.5. The first-order valence-electron chi connectivity index (χ1n) is 4.54. The molecular weight excluding hydrogens is 246 g/mol. The molecule has 78 valence electrons. The van der Waals surface area contributed by atoms with Gasteiger partial charge < -0.3 is 9.32 Å². The monoisotopic (exact) mass is 259 g/mol. The average Bonchev–Trinajstić information content (AvgIpc) is 2.65. The molecule has 1 aromatic rings. The van der Waals surface area contributed by atoms with Crippen molar-refractivity contribution >= 4 is 21.8 Å². The van der Waals surface area contributed by atoms with Gasteiger partial charge in [0.05, 0.1) is 6.26 Å². The fourth-order valence-corrected chi connectivity index (χ4v) is 1.27. The minimum Gasteiger partial charge on any atom is -0.459 e. The highest BCUT2D eigenvalue weighted by atomic mass is 79.9. The fraction of sp³-hybridized carbons (Fsp3) is 0.500. The van der Waals surface area contributed by atoms with E-state index in [0.717, 1.165) is 13.0 Å². The van der Waals surface area contributed by atoms with Crippen molar-refractivity contribution in [3.8, 4) is 0 Å². The van der Waals surface area contributed by atoms with Crippen LogP contribution >= 0.6 is 15.9 Å². The van der Waals surface area contributed by atoms with Crippen LogP contribution in [0.15, 0.2) is 22.8 Å². The topological polar surface area (TPSA) is 33.5 Å². The van der Waals surface area contributed by atoms with E-state index >= 15 is 0 Å². The van der Waals surface area contributed by atoms with Crippen LogP contribution in [0.1, 0.15) is 23.9 Å². The molecule has 3 nitrogen and oxygen atoms in total. The lowest BCUT2D eigenvalue weighted by molar-refractivity contribution is 0.0762. The number of hydrogen-bond acceptors (Lipinski definition) is 2. The van der Waals surface area contributed by atoms with Crippen molar-refractivity contribution in [2.24, 2.45) is 0 Å².